The zero-order valence-corrected chi connectivity index (χ0v) is 13.1. The minimum Gasteiger partial charge on any atom is -0.464 e. The Morgan fingerprint density at radius 3 is 2.41 bits per heavy atom. The number of sulfonamides is 1. The molecule has 0 saturated heterocycles. The number of ether oxygens (including phenoxy) is 1. The van der Waals surface area contributed by atoms with E-state index in [-0.39, 0.29) is 17.1 Å². The molecule has 0 fully saturated rings. The van der Waals surface area contributed by atoms with Crippen molar-refractivity contribution in [2.24, 2.45) is 0 Å². The van der Waals surface area contributed by atoms with Crippen LogP contribution in [0, 0.1) is 0 Å². The molecule has 2 aromatic rings. The first-order valence-corrected chi connectivity index (χ1v) is 7.94. The number of hydrogen-bond donors (Lipinski definition) is 0. The van der Waals surface area contributed by atoms with E-state index in [0.29, 0.717) is 0 Å². The summed E-state index contributed by atoms with van der Waals surface area (Å²) < 4.78 is 30.7. The molecule has 0 atom stereocenters. The van der Waals surface area contributed by atoms with E-state index in [2.05, 4.69) is 9.72 Å². The molecule has 0 bridgehead atoms. The topological polar surface area (TPSA) is 76.6 Å². The fourth-order valence-electron chi connectivity index (χ4n) is 1.86. The first-order valence-electron chi connectivity index (χ1n) is 6.50. The van der Waals surface area contributed by atoms with Crippen LogP contribution in [0.25, 0.3) is 0 Å². The van der Waals surface area contributed by atoms with E-state index in [1.807, 2.05) is 30.3 Å². The Bertz CT molecular complexity index is 743. The quantitative estimate of drug-likeness (QED) is 0.784. The summed E-state index contributed by atoms with van der Waals surface area (Å²) in [6.45, 7) is 0.252. The molecule has 7 heteroatoms. The lowest BCUT2D eigenvalue weighted by atomic mass is 10.2. The second kappa shape index (κ2) is 6.67. The third-order valence-corrected chi connectivity index (χ3v) is 4.87. The summed E-state index contributed by atoms with van der Waals surface area (Å²) in [5.41, 5.74) is 0.944. The molecule has 2 rings (SSSR count). The van der Waals surface area contributed by atoms with Gasteiger partial charge in [-0.1, -0.05) is 30.3 Å². The van der Waals surface area contributed by atoms with Crippen LogP contribution < -0.4 is 0 Å². The summed E-state index contributed by atoms with van der Waals surface area (Å²) >= 11 is 0. The summed E-state index contributed by atoms with van der Waals surface area (Å²) in [5.74, 6) is -0.610. The Hall–Kier alpha value is -2.25. The number of carbonyl (C=O) groups is 1. The van der Waals surface area contributed by atoms with Gasteiger partial charge in [0.05, 0.1) is 7.11 Å². The van der Waals surface area contributed by atoms with Crippen molar-refractivity contribution in [1.82, 2.24) is 9.29 Å². The summed E-state index contributed by atoms with van der Waals surface area (Å²) in [7, 11) is -0.933. The van der Waals surface area contributed by atoms with E-state index in [1.165, 1.54) is 30.6 Å². The average Bonchev–Trinajstić information content (AvgIpc) is 2.55. The van der Waals surface area contributed by atoms with E-state index >= 15 is 0 Å². The van der Waals surface area contributed by atoms with E-state index in [9.17, 15) is 13.2 Å². The third kappa shape index (κ3) is 3.49. The molecular formula is C15H16N2O4S. The smallest absolute Gasteiger partial charge is 0.356 e. The third-order valence-electron chi connectivity index (χ3n) is 3.09. The molecule has 0 aliphatic rings. The molecule has 0 saturated carbocycles. The molecule has 0 amide bonds. The minimum atomic E-state index is -3.67. The maximum absolute atomic E-state index is 12.5. The predicted molar refractivity (Wildman–Crippen MR) is 80.7 cm³/mol. The number of pyridine rings is 1. The van der Waals surface area contributed by atoms with Gasteiger partial charge in [-0.25, -0.2) is 18.2 Å². The molecule has 1 aromatic carbocycles. The zero-order chi connectivity index (χ0) is 16.2. The fraction of sp³-hybridized carbons (Fsp3) is 0.200. The Kier molecular flexibility index (Phi) is 4.89. The Balaban J connectivity index is 2.20. The van der Waals surface area contributed by atoms with E-state index < -0.39 is 16.0 Å². The van der Waals surface area contributed by atoms with Gasteiger partial charge in [0.15, 0.2) is 0 Å². The molecule has 1 heterocycles. The number of rotatable bonds is 5. The van der Waals surface area contributed by atoms with Gasteiger partial charge in [0.25, 0.3) is 0 Å². The highest BCUT2D eigenvalue weighted by Crippen LogP contribution is 2.16. The van der Waals surface area contributed by atoms with E-state index in [1.54, 1.807) is 0 Å². The summed E-state index contributed by atoms with van der Waals surface area (Å²) in [5, 5.41) is 0. The zero-order valence-electron chi connectivity index (χ0n) is 12.3. The second-order valence-electron chi connectivity index (χ2n) is 4.62. The van der Waals surface area contributed by atoms with Crippen LogP contribution >= 0.6 is 0 Å². The van der Waals surface area contributed by atoms with Gasteiger partial charge < -0.3 is 4.74 Å². The van der Waals surface area contributed by atoms with Gasteiger partial charge in [0.1, 0.15) is 10.6 Å². The number of aromatic nitrogens is 1. The lowest BCUT2D eigenvalue weighted by Gasteiger charge is -2.17. The standard InChI is InChI=1S/C15H16N2O4S/c1-17(11-12-6-4-3-5-7-12)22(19,20)13-8-9-14(16-10-13)15(18)21-2/h3-10H,11H2,1-2H3. The molecule has 6 nitrogen and oxygen atoms in total. The average molecular weight is 320 g/mol. The summed E-state index contributed by atoms with van der Waals surface area (Å²) in [6.07, 6.45) is 1.16. The normalized spacial score (nSPS) is 11.4. The van der Waals surface area contributed by atoms with Crippen molar-refractivity contribution in [2.75, 3.05) is 14.2 Å². The van der Waals surface area contributed by atoms with Crippen LogP contribution in [0.5, 0.6) is 0 Å². The molecule has 0 aliphatic heterocycles. The van der Waals surface area contributed by atoms with Gasteiger partial charge in [-0.2, -0.15) is 4.31 Å². The molecule has 1 aromatic heterocycles. The molecule has 0 unspecified atom stereocenters. The van der Waals surface area contributed by atoms with Gasteiger partial charge in [-0.3, -0.25) is 0 Å². The lowest BCUT2D eigenvalue weighted by Crippen LogP contribution is -2.26. The van der Waals surface area contributed by atoms with Crippen LogP contribution in [0.3, 0.4) is 0 Å². The van der Waals surface area contributed by atoms with Crippen molar-refractivity contribution in [3.63, 3.8) is 0 Å². The number of nitrogens with zero attached hydrogens (tertiary/aromatic N) is 2. The van der Waals surface area contributed by atoms with Crippen LogP contribution in [0.1, 0.15) is 16.1 Å². The second-order valence-corrected chi connectivity index (χ2v) is 6.66. The van der Waals surface area contributed by atoms with Crippen molar-refractivity contribution in [3.05, 3.63) is 59.9 Å². The number of esters is 1. The monoisotopic (exact) mass is 320 g/mol. The van der Waals surface area contributed by atoms with Gasteiger partial charge in [0.2, 0.25) is 10.0 Å². The van der Waals surface area contributed by atoms with Crippen molar-refractivity contribution < 1.29 is 17.9 Å². The van der Waals surface area contributed by atoms with Gasteiger partial charge in [0, 0.05) is 19.8 Å². The fourth-order valence-corrected chi connectivity index (χ4v) is 2.97. The first kappa shape index (κ1) is 16.1. The van der Waals surface area contributed by atoms with Crippen molar-refractivity contribution in [1.29, 1.82) is 0 Å². The highest BCUT2D eigenvalue weighted by Gasteiger charge is 2.22. The molecule has 0 radical (unpaired) electrons. The summed E-state index contributed by atoms with van der Waals surface area (Å²) in [4.78, 5) is 15.2. The highest BCUT2D eigenvalue weighted by molar-refractivity contribution is 7.89. The predicted octanol–water partition coefficient (Wildman–Crippen LogP) is 1.69. The van der Waals surface area contributed by atoms with Crippen LogP contribution in [0.4, 0.5) is 0 Å². The Labute approximate surface area is 129 Å². The van der Waals surface area contributed by atoms with Crippen LogP contribution in [-0.4, -0.2) is 37.8 Å². The first-order chi connectivity index (χ1) is 10.4. The number of benzene rings is 1. The maximum atomic E-state index is 12.5. The molecular weight excluding hydrogens is 304 g/mol. The van der Waals surface area contributed by atoms with Crippen molar-refractivity contribution in [3.8, 4) is 0 Å². The number of methoxy groups -OCH3 is 1. The van der Waals surface area contributed by atoms with Gasteiger partial charge in [-0.15, -0.1) is 0 Å². The van der Waals surface area contributed by atoms with Crippen LogP contribution in [0.15, 0.2) is 53.6 Å². The van der Waals surface area contributed by atoms with Gasteiger partial charge >= 0.3 is 5.97 Å². The summed E-state index contributed by atoms with van der Waals surface area (Å²) in [6, 6.07) is 11.9. The van der Waals surface area contributed by atoms with Crippen molar-refractivity contribution in [2.45, 2.75) is 11.4 Å². The van der Waals surface area contributed by atoms with E-state index in [4.69, 9.17) is 0 Å². The van der Waals surface area contributed by atoms with Crippen molar-refractivity contribution >= 4 is 16.0 Å². The molecule has 0 aliphatic carbocycles. The van der Waals surface area contributed by atoms with Crippen LogP contribution in [0.2, 0.25) is 0 Å². The number of hydrogen-bond acceptors (Lipinski definition) is 5. The van der Waals surface area contributed by atoms with Crippen LogP contribution in [-0.2, 0) is 21.3 Å². The lowest BCUT2D eigenvalue weighted by molar-refractivity contribution is 0.0594. The molecule has 22 heavy (non-hydrogen) atoms. The molecule has 0 N–H and O–H groups in total. The maximum Gasteiger partial charge on any atom is 0.356 e. The molecule has 0 spiro atoms. The minimum absolute atomic E-state index is 0.0265. The largest absolute Gasteiger partial charge is 0.464 e. The highest BCUT2D eigenvalue weighted by atomic mass is 32.2. The number of carbonyl (C=O) groups excluding carboxylic acids is 1. The molecule has 116 valence electrons. The van der Waals surface area contributed by atoms with Gasteiger partial charge in [-0.05, 0) is 17.7 Å². The SMILES string of the molecule is COC(=O)c1ccc(S(=O)(=O)N(C)Cc2ccccc2)cn1. The Morgan fingerprint density at radius 1 is 1.18 bits per heavy atom. The Morgan fingerprint density at radius 2 is 1.86 bits per heavy atom. The van der Waals surface area contributed by atoms with E-state index in [0.717, 1.165) is 11.8 Å².